The number of hydrogen-bond acceptors (Lipinski definition) is 2. The number of aromatic hydroxyl groups is 1. The highest BCUT2D eigenvalue weighted by Crippen LogP contribution is 2.29. The first-order valence-electron chi connectivity index (χ1n) is 9.60. The summed E-state index contributed by atoms with van der Waals surface area (Å²) in [6, 6.07) is 23.2. The molecule has 1 amide bonds. The summed E-state index contributed by atoms with van der Waals surface area (Å²) in [7, 11) is 0. The van der Waals surface area contributed by atoms with Crippen LogP contribution < -0.4 is 5.32 Å². The topological polar surface area (TPSA) is 49.3 Å². The van der Waals surface area contributed by atoms with Crippen LogP contribution >= 0.6 is 0 Å². The lowest BCUT2D eigenvalue weighted by atomic mass is 9.86. The molecule has 0 fully saturated rings. The van der Waals surface area contributed by atoms with Crippen LogP contribution in [-0.2, 0) is 16.6 Å². The summed E-state index contributed by atoms with van der Waals surface area (Å²) in [6.45, 7) is 6.59. The molecule has 0 bridgehead atoms. The largest absolute Gasteiger partial charge is 0.508 e. The van der Waals surface area contributed by atoms with Crippen molar-refractivity contribution in [3.8, 4) is 16.9 Å². The Hall–Kier alpha value is -3.07. The molecule has 2 N–H and O–H groups in total. The Kier molecular flexibility index (Phi) is 5.84. The zero-order valence-corrected chi connectivity index (χ0v) is 16.7. The van der Waals surface area contributed by atoms with Crippen molar-refractivity contribution in [1.29, 1.82) is 0 Å². The molecule has 0 aliphatic heterocycles. The van der Waals surface area contributed by atoms with E-state index in [2.05, 4.69) is 50.4 Å². The number of amides is 1. The summed E-state index contributed by atoms with van der Waals surface area (Å²) in [4.78, 5) is 12.5. The molecule has 3 aromatic rings. The third-order valence-corrected chi connectivity index (χ3v) is 4.84. The third kappa shape index (κ3) is 5.01. The van der Waals surface area contributed by atoms with Crippen molar-refractivity contribution in [2.45, 2.75) is 39.0 Å². The van der Waals surface area contributed by atoms with Gasteiger partial charge in [-0.3, -0.25) is 4.79 Å². The van der Waals surface area contributed by atoms with Crippen molar-refractivity contribution < 1.29 is 9.90 Å². The van der Waals surface area contributed by atoms with Gasteiger partial charge in [0.05, 0.1) is 0 Å². The summed E-state index contributed by atoms with van der Waals surface area (Å²) < 4.78 is 0. The van der Waals surface area contributed by atoms with E-state index < -0.39 is 0 Å². The Morgan fingerprint density at radius 2 is 1.54 bits per heavy atom. The first kappa shape index (κ1) is 19.7. The minimum atomic E-state index is -0.00822. The Balaban J connectivity index is 1.65. The SMILES string of the molecule is CC(C)(C)c1ccc(CCC(=O)Nc2ccccc2-c2ccc(O)cc2)cc1. The lowest BCUT2D eigenvalue weighted by Gasteiger charge is -2.19. The van der Waals surface area contributed by atoms with Gasteiger partial charge in [-0.1, -0.05) is 75.4 Å². The normalized spacial score (nSPS) is 11.2. The van der Waals surface area contributed by atoms with E-state index in [-0.39, 0.29) is 17.1 Å². The minimum Gasteiger partial charge on any atom is -0.508 e. The Morgan fingerprint density at radius 3 is 2.18 bits per heavy atom. The van der Waals surface area contributed by atoms with Crippen molar-refractivity contribution >= 4 is 11.6 Å². The molecule has 0 aliphatic rings. The van der Waals surface area contributed by atoms with Gasteiger partial charge in [0.25, 0.3) is 0 Å². The number of carbonyl (C=O) groups is 1. The molecule has 0 spiro atoms. The van der Waals surface area contributed by atoms with Crippen molar-refractivity contribution in [2.24, 2.45) is 0 Å². The standard InChI is InChI=1S/C25H27NO2/c1-25(2,3)20-13-8-18(9-14-20)10-17-24(28)26-23-7-5-4-6-22(23)19-11-15-21(27)16-12-19/h4-9,11-16,27H,10,17H2,1-3H3,(H,26,28). The first-order chi connectivity index (χ1) is 13.3. The van der Waals surface area contributed by atoms with Gasteiger partial charge in [-0.25, -0.2) is 0 Å². The lowest BCUT2D eigenvalue weighted by Crippen LogP contribution is -2.13. The molecule has 3 heteroatoms. The highest BCUT2D eigenvalue weighted by molar-refractivity contribution is 5.95. The lowest BCUT2D eigenvalue weighted by molar-refractivity contribution is -0.116. The molecular weight excluding hydrogens is 346 g/mol. The highest BCUT2D eigenvalue weighted by Gasteiger charge is 2.13. The van der Waals surface area contributed by atoms with Gasteiger partial charge in [-0.15, -0.1) is 0 Å². The number of carbonyl (C=O) groups excluding carboxylic acids is 1. The van der Waals surface area contributed by atoms with Crippen molar-refractivity contribution in [3.05, 3.63) is 83.9 Å². The molecular formula is C25H27NO2. The number of rotatable bonds is 5. The van der Waals surface area contributed by atoms with E-state index >= 15 is 0 Å². The molecule has 0 saturated heterocycles. The van der Waals surface area contributed by atoms with Crippen LogP contribution in [0.2, 0.25) is 0 Å². The number of anilines is 1. The molecule has 3 rings (SSSR count). The predicted molar refractivity (Wildman–Crippen MR) is 116 cm³/mol. The van der Waals surface area contributed by atoms with Crippen LogP contribution in [0.1, 0.15) is 38.3 Å². The van der Waals surface area contributed by atoms with Crippen molar-refractivity contribution in [1.82, 2.24) is 0 Å². The maximum absolute atomic E-state index is 12.5. The summed E-state index contributed by atoms with van der Waals surface area (Å²) in [6.07, 6.45) is 1.14. The molecule has 144 valence electrons. The molecule has 3 aromatic carbocycles. The van der Waals surface area contributed by atoms with Crippen LogP contribution in [0.3, 0.4) is 0 Å². The van der Waals surface area contributed by atoms with E-state index in [9.17, 15) is 9.90 Å². The van der Waals surface area contributed by atoms with Crippen LogP contribution in [0, 0.1) is 0 Å². The molecule has 0 saturated carbocycles. The van der Waals surface area contributed by atoms with Crippen LogP contribution in [-0.4, -0.2) is 11.0 Å². The quantitative estimate of drug-likeness (QED) is 0.582. The average Bonchev–Trinajstić information content (AvgIpc) is 2.67. The Labute approximate surface area is 167 Å². The summed E-state index contributed by atoms with van der Waals surface area (Å²) >= 11 is 0. The maximum Gasteiger partial charge on any atom is 0.224 e. The summed E-state index contributed by atoms with van der Waals surface area (Å²) in [5.41, 5.74) is 5.25. The minimum absolute atomic E-state index is 0.00822. The molecule has 0 aromatic heterocycles. The van der Waals surface area contributed by atoms with Gasteiger partial charge in [0.1, 0.15) is 5.75 Å². The van der Waals surface area contributed by atoms with Crippen molar-refractivity contribution in [2.75, 3.05) is 5.32 Å². The van der Waals surface area contributed by atoms with Gasteiger partial charge in [-0.2, -0.15) is 0 Å². The molecule has 0 radical (unpaired) electrons. The highest BCUT2D eigenvalue weighted by atomic mass is 16.3. The van der Waals surface area contributed by atoms with E-state index in [4.69, 9.17) is 0 Å². The van der Waals surface area contributed by atoms with E-state index in [0.717, 1.165) is 22.4 Å². The average molecular weight is 373 g/mol. The van der Waals surface area contributed by atoms with Crippen molar-refractivity contribution in [3.63, 3.8) is 0 Å². The first-order valence-corrected chi connectivity index (χ1v) is 9.60. The monoisotopic (exact) mass is 373 g/mol. The van der Waals surface area contributed by atoms with E-state index in [1.807, 2.05) is 36.4 Å². The maximum atomic E-state index is 12.5. The number of para-hydroxylation sites is 1. The molecule has 0 atom stereocenters. The predicted octanol–water partition coefficient (Wildman–Crippen LogP) is 5.93. The molecule has 3 nitrogen and oxygen atoms in total. The number of aryl methyl sites for hydroxylation is 1. The van der Waals surface area contributed by atoms with E-state index in [1.54, 1.807) is 12.1 Å². The Bertz CT molecular complexity index is 936. The van der Waals surface area contributed by atoms with E-state index in [0.29, 0.717) is 12.8 Å². The number of benzene rings is 3. The zero-order chi connectivity index (χ0) is 20.1. The van der Waals surface area contributed by atoms with Gasteiger partial charge in [-0.05, 0) is 46.7 Å². The van der Waals surface area contributed by atoms with Crippen LogP contribution in [0.15, 0.2) is 72.8 Å². The Morgan fingerprint density at radius 1 is 0.893 bits per heavy atom. The third-order valence-electron chi connectivity index (χ3n) is 4.84. The second kappa shape index (κ2) is 8.30. The molecule has 0 aliphatic carbocycles. The molecule has 0 unspecified atom stereocenters. The van der Waals surface area contributed by atoms with Gasteiger partial charge >= 0.3 is 0 Å². The number of phenols is 1. The fourth-order valence-corrected chi connectivity index (χ4v) is 3.13. The fraction of sp³-hybridized carbons (Fsp3) is 0.240. The van der Waals surface area contributed by atoms with Crippen LogP contribution in [0.4, 0.5) is 5.69 Å². The number of phenolic OH excluding ortho intramolecular Hbond substituents is 1. The van der Waals surface area contributed by atoms with Crippen LogP contribution in [0.25, 0.3) is 11.1 Å². The van der Waals surface area contributed by atoms with Gasteiger partial charge in [0.2, 0.25) is 5.91 Å². The molecule has 0 heterocycles. The fourth-order valence-electron chi connectivity index (χ4n) is 3.13. The smallest absolute Gasteiger partial charge is 0.224 e. The molecule has 28 heavy (non-hydrogen) atoms. The summed E-state index contributed by atoms with van der Waals surface area (Å²) in [5.74, 6) is 0.217. The second-order valence-electron chi connectivity index (χ2n) is 8.09. The number of nitrogens with one attached hydrogen (secondary N) is 1. The van der Waals surface area contributed by atoms with E-state index in [1.165, 1.54) is 5.56 Å². The summed E-state index contributed by atoms with van der Waals surface area (Å²) in [5, 5.41) is 12.5. The van der Waals surface area contributed by atoms with Gasteiger partial charge in [0.15, 0.2) is 0 Å². The zero-order valence-electron chi connectivity index (χ0n) is 16.7. The second-order valence-corrected chi connectivity index (χ2v) is 8.09. The van der Waals surface area contributed by atoms with Gasteiger partial charge in [0, 0.05) is 17.7 Å². The number of hydrogen-bond donors (Lipinski definition) is 2. The van der Waals surface area contributed by atoms with Gasteiger partial charge < -0.3 is 10.4 Å². The van der Waals surface area contributed by atoms with Crippen LogP contribution in [0.5, 0.6) is 5.75 Å².